The van der Waals surface area contributed by atoms with Gasteiger partial charge in [0.1, 0.15) is 6.10 Å². The van der Waals surface area contributed by atoms with Crippen molar-refractivity contribution in [2.24, 2.45) is 5.73 Å². The topological polar surface area (TPSA) is 62.9 Å². The summed E-state index contributed by atoms with van der Waals surface area (Å²) in [4.78, 5) is 0. The van der Waals surface area contributed by atoms with E-state index in [-0.39, 0.29) is 12.9 Å². The maximum atomic E-state index is 5.80. The maximum absolute atomic E-state index is 5.80. The molecule has 1 saturated heterocycles. The molecule has 1 aromatic carbocycles. The fourth-order valence-electron chi connectivity index (χ4n) is 2.01. The molecule has 0 aliphatic carbocycles. The molecule has 2 aliphatic heterocycles. The summed E-state index contributed by atoms with van der Waals surface area (Å²) in [5, 5.41) is 0. The van der Waals surface area contributed by atoms with Crippen molar-refractivity contribution in [1.29, 1.82) is 0 Å². The van der Waals surface area contributed by atoms with Gasteiger partial charge in [-0.05, 0) is 24.6 Å². The van der Waals surface area contributed by atoms with E-state index in [1.54, 1.807) is 0 Å². The molecule has 1 fully saturated rings. The van der Waals surface area contributed by atoms with E-state index in [9.17, 15) is 0 Å². The fourth-order valence-corrected chi connectivity index (χ4v) is 2.01. The van der Waals surface area contributed by atoms with E-state index in [4.69, 9.17) is 24.7 Å². The predicted molar refractivity (Wildman–Crippen MR) is 59.8 cm³/mol. The molecule has 0 amide bonds. The highest BCUT2D eigenvalue weighted by atomic mass is 16.7. The van der Waals surface area contributed by atoms with Crippen LogP contribution in [0.1, 0.15) is 18.6 Å². The van der Waals surface area contributed by atoms with Gasteiger partial charge >= 0.3 is 0 Å². The minimum atomic E-state index is -0.680. The number of ether oxygens (including phenoxy) is 4. The minimum Gasteiger partial charge on any atom is -0.454 e. The van der Waals surface area contributed by atoms with E-state index in [0.717, 1.165) is 17.1 Å². The van der Waals surface area contributed by atoms with Gasteiger partial charge in [-0.3, -0.25) is 0 Å². The van der Waals surface area contributed by atoms with Gasteiger partial charge in [-0.15, -0.1) is 0 Å². The molecule has 0 radical (unpaired) electrons. The third kappa shape index (κ3) is 1.86. The van der Waals surface area contributed by atoms with Crippen LogP contribution in [-0.4, -0.2) is 25.7 Å². The summed E-state index contributed by atoms with van der Waals surface area (Å²) in [6.07, 6.45) is -0.0990. The van der Waals surface area contributed by atoms with Gasteiger partial charge in [0.05, 0.1) is 6.61 Å². The zero-order valence-corrected chi connectivity index (χ0v) is 9.64. The van der Waals surface area contributed by atoms with Crippen molar-refractivity contribution in [2.45, 2.75) is 18.8 Å². The van der Waals surface area contributed by atoms with Gasteiger partial charge in [0.15, 0.2) is 17.3 Å². The summed E-state index contributed by atoms with van der Waals surface area (Å²) < 4.78 is 22.0. The van der Waals surface area contributed by atoms with E-state index in [1.807, 2.05) is 25.1 Å². The average molecular weight is 237 g/mol. The predicted octanol–water partition coefficient (Wildman–Crippen LogP) is 1.18. The summed E-state index contributed by atoms with van der Waals surface area (Å²) in [7, 11) is 0. The molecule has 1 aromatic rings. The van der Waals surface area contributed by atoms with Gasteiger partial charge in [-0.1, -0.05) is 6.07 Å². The molecule has 3 rings (SSSR count). The van der Waals surface area contributed by atoms with Crippen LogP contribution in [0.4, 0.5) is 0 Å². The molecule has 17 heavy (non-hydrogen) atoms. The summed E-state index contributed by atoms with van der Waals surface area (Å²) >= 11 is 0. The highest BCUT2D eigenvalue weighted by molar-refractivity contribution is 5.45. The van der Waals surface area contributed by atoms with E-state index in [1.165, 1.54) is 0 Å². The highest BCUT2D eigenvalue weighted by Gasteiger charge is 2.37. The molecule has 0 aromatic heterocycles. The molecule has 2 unspecified atom stereocenters. The Balaban J connectivity index is 1.82. The van der Waals surface area contributed by atoms with Gasteiger partial charge in [-0.2, -0.15) is 0 Å². The van der Waals surface area contributed by atoms with Crippen molar-refractivity contribution >= 4 is 0 Å². The van der Waals surface area contributed by atoms with E-state index < -0.39 is 5.79 Å². The van der Waals surface area contributed by atoms with Gasteiger partial charge in [-0.25, -0.2) is 0 Å². The second-order valence-corrected chi connectivity index (χ2v) is 4.37. The Morgan fingerprint density at radius 2 is 2.18 bits per heavy atom. The molecular weight excluding hydrogens is 222 g/mol. The Labute approximate surface area is 99.4 Å². The smallest absolute Gasteiger partial charge is 0.231 e. The zero-order chi connectivity index (χ0) is 11.9. The third-order valence-corrected chi connectivity index (χ3v) is 3.07. The summed E-state index contributed by atoms with van der Waals surface area (Å²) in [5.74, 6) is 0.850. The lowest BCUT2D eigenvalue weighted by Gasteiger charge is -2.20. The van der Waals surface area contributed by atoms with Gasteiger partial charge in [0.25, 0.3) is 0 Å². The molecule has 2 atom stereocenters. The Hall–Kier alpha value is -1.30. The van der Waals surface area contributed by atoms with Crippen molar-refractivity contribution in [1.82, 2.24) is 0 Å². The molecule has 2 aliphatic rings. The molecule has 0 spiro atoms. The third-order valence-electron chi connectivity index (χ3n) is 3.07. The number of rotatable bonds is 2. The molecule has 5 heteroatoms. The first kappa shape index (κ1) is 10.8. The van der Waals surface area contributed by atoms with Gasteiger partial charge < -0.3 is 24.7 Å². The lowest BCUT2D eigenvalue weighted by atomic mass is 10.1. The zero-order valence-electron chi connectivity index (χ0n) is 9.64. The second kappa shape index (κ2) is 3.87. The van der Waals surface area contributed by atoms with Crippen LogP contribution < -0.4 is 15.2 Å². The second-order valence-electron chi connectivity index (χ2n) is 4.37. The lowest BCUT2D eigenvalue weighted by Crippen LogP contribution is -2.35. The monoisotopic (exact) mass is 237 g/mol. The van der Waals surface area contributed by atoms with Crippen LogP contribution in [0.2, 0.25) is 0 Å². The minimum absolute atomic E-state index is 0.0990. The first-order chi connectivity index (χ1) is 8.20. The van der Waals surface area contributed by atoms with Crippen LogP contribution >= 0.6 is 0 Å². The van der Waals surface area contributed by atoms with Gasteiger partial charge in [0, 0.05) is 6.54 Å². The standard InChI is InChI=1S/C12H15NO4/c1-12(6-13)16-5-11(17-12)8-2-3-9-10(4-8)15-7-14-9/h2-4,11H,5-7,13H2,1H3. The van der Waals surface area contributed by atoms with Crippen LogP contribution in [0.25, 0.3) is 0 Å². The summed E-state index contributed by atoms with van der Waals surface area (Å²) in [5.41, 5.74) is 6.62. The van der Waals surface area contributed by atoms with Crippen LogP contribution in [0.3, 0.4) is 0 Å². The van der Waals surface area contributed by atoms with Crippen LogP contribution in [0.5, 0.6) is 11.5 Å². The summed E-state index contributed by atoms with van der Waals surface area (Å²) in [6, 6.07) is 5.78. The first-order valence-electron chi connectivity index (χ1n) is 5.61. The maximum Gasteiger partial charge on any atom is 0.231 e. The first-order valence-corrected chi connectivity index (χ1v) is 5.61. The van der Waals surface area contributed by atoms with Gasteiger partial charge in [0.2, 0.25) is 6.79 Å². The highest BCUT2D eigenvalue weighted by Crippen LogP contribution is 2.38. The van der Waals surface area contributed by atoms with Crippen molar-refractivity contribution in [3.8, 4) is 11.5 Å². The van der Waals surface area contributed by atoms with E-state index >= 15 is 0 Å². The fraction of sp³-hybridized carbons (Fsp3) is 0.500. The molecule has 0 bridgehead atoms. The van der Waals surface area contributed by atoms with E-state index in [2.05, 4.69) is 0 Å². The Bertz CT molecular complexity index is 437. The normalized spacial score (nSPS) is 30.8. The average Bonchev–Trinajstić information content (AvgIpc) is 2.95. The number of nitrogens with two attached hydrogens (primary N) is 1. The molecule has 2 N–H and O–H groups in total. The number of benzene rings is 1. The van der Waals surface area contributed by atoms with E-state index in [0.29, 0.717) is 13.2 Å². The quantitative estimate of drug-likeness (QED) is 0.836. The van der Waals surface area contributed by atoms with Crippen LogP contribution in [0.15, 0.2) is 18.2 Å². The van der Waals surface area contributed by atoms with Crippen molar-refractivity contribution < 1.29 is 18.9 Å². The molecule has 0 saturated carbocycles. The van der Waals surface area contributed by atoms with Crippen molar-refractivity contribution in [3.63, 3.8) is 0 Å². The number of hydrogen-bond donors (Lipinski definition) is 1. The SMILES string of the molecule is CC1(CN)OCC(c2ccc3c(c2)OCO3)O1. The largest absolute Gasteiger partial charge is 0.454 e. The molecule has 2 heterocycles. The van der Waals surface area contributed by atoms with Crippen LogP contribution in [0, 0.1) is 0 Å². The van der Waals surface area contributed by atoms with Crippen molar-refractivity contribution in [2.75, 3.05) is 19.9 Å². The lowest BCUT2D eigenvalue weighted by molar-refractivity contribution is -0.145. The Kier molecular flexibility index (Phi) is 2.47. The number of hydrogen-bond acceptors (Lipinski definition) is 5. The number of fused-ring (bicyclic) bond motifs is 1. The van der Waals surface area contributed by atoms with Crippen molar-refractivity contribution in [3.05, 3.63) is 23.8 Å². The summed E-state index contributed by atoms with van der Waals surface area (Å²) in [6.45, 7) is 2.97. The Morgan fingerprint density at radius 3 is 2.94 bits per heavy atom. The molecular formula is C12H15NO4. The molecule has 92 valence electrons. The molecule has 5 nitrogen and oxygen atoms in total. The Morgan fingerprint density at radius 1 is 1.35 bits per heavy atom. The van der Waals surface area contributed by atoms with Crippen LogP contribution in [-0.2, 0) is 9.47 Å².